The van der Waals surface area contributed by atoms with Crippen LogP contribution in [-0.4, -0.2) is 28.0 Å². The molecule has 2 atom stereocenters. The molecule has 30 heavy (non-hydrogen) atoms. The van der Waals surface area contributed by atoms with E-state index in [9.17, 15) is 28.2 Å². The standard InChI is InChI=1S/C23H31F3O4/c1-5-6-7-8-15-12-18(27)20(19(28)13-15)16-11-14(2)9-10-17(16)22(3,4)30-21(29)23(24,25)26/h11-13,16-17,27-28H,5-10H2,1-4H3/t16-,17-/m1/s1. The number of aryl methyl sites for hydroxylation is 1. The zero-order chi connectivity index (χ0) is 22.7. The van der Waals surface area contributed by atoms with Crippen molar-refractivity contribution >= 4 is 5.97 Å². The van der Waals surface area contributed by atoms with Crippen molar-refractivity contribution in [2.24, 2.45) is 5.92 Å². The van der Waals surface area contributed by atoms with E-state index in [4.69, 9.17) is 4.74 Å². The van der Waals surface area contributed by atoms with Gasteiger partial charge < -0.3 is 14.9 Å². The summed E-state index contributed by atoms with van der Waals surface area (Å²) in [6, 6.07) is 3.21. The highest BCUT2D eigenvalue weighted by Crippen LogP contribution is 2.49. The van der Waals surface area contributed by atoms with Crippen molar-refractivity contribution in [3.8, 4) is 11.5 Å². The maximum Gasteiger partial charge on any atom is 0.490 e. The van der Waals surface area contributed by atoms with Crippen LogP contribution in [0.25, 0.3) is 0 Å². The summed E-state index contributed by atoms with van der Waals surface area (Å²) >= 11 is 0. The Hall–Kier alpha value is -2.18. The summed E-state index contributed by atoms with van der Waals surface area (Å²) < 4.78 is 43.1. The first-order chi connectivity index (χ1) is 13.9. The van der Waals surface area contributed by atoms with Gasteiger partial charge in [0.05, 0.1) is 0 Å². The molecule has 1 aromatic rings. The Kier molecular flexibility index (Phi) is 7.48. The van der Waals surface area contributed by atoms with E-state index in [0.29, 0.717) is 19.3 Å². The summed E-state index contributed by atoms with van der Waals surface area (Å²) in [5.74, 6) is -3.56. The number of phenolic OH excluding ortho intramolecular Hbond substituents is 2. The van der Waals surface area contributed by atoms with Gasteiger partial charge in [-0.05, 0) is 64.2 Å². The number of rotatable bonds is 7. The first-order valence-electron chi connectivity index (χ1n) is 10.4. The van der Waals surface area contributed by atoms with Gasteiger partial charge in [-0.2, -0.15) is 13.2 Å². The largest absolute Gasteiger partial charge is 0.507 e. The number of benzene rings is 1. The molecule has 0 amide bonds. The maximum atomic E-state index is 12.8. The summed E-state index contributed by atoms with van der Waals surface area (Å²) in [6.45, 7) is 6.86. The zero-order valence-electron chi connectivity index (χ0n) is 18.0. The highest BCUT2D eigenvalue weighted by Gasteiger charge is 2.48. The highest BCUT2D eigenvalue weighted by molar-refractivity contribution is 5.76. The average Bonchev–Trinajstić information content (AvgIpc) is 2.60. The lowest BCUT2D eigenvalue weighted by molar-refractivity contribution is -0.216. The van der Waals surface area contributed by atoms with Crippen LogP contribution in [-0.2, 0) is 16.0 Å². The van der Waals surface area contributed by atoms with Gasteiger partial charge in [0.1, 0.15) is 17.1 Å². The number of alkyl halides is 3. The minimum atomic E-state index is -5.09. The molecule has 0 fully saturated rings. The predicted molar refractivity (Wildman–Crippen MR) is 108 cm³/mol. The van der Waals surface area contributed by atoms with Gasteiger partial charge in [-0.3, -0.25) is 0 Å². The molecular weight excluding hydrogens is 397 g/mol. The monoisotopic (exact) mass is 428 g/mol. The fraction of sp³-hybridized carbons (Fsp3) is 0.609. The number of ether oxygens (including phenoxy) is 1. The SMILES string of the molecule is CCCCCc1cc(O)c([C@@H]2C=C(C)CC[C@H]2C(C)(C)OC(=O)C(F)(F)F)c(O)c1. The molecule has 168 valence electrons. The third-order valence-electron chi connectivity index (χ3n) is 5.83. The van der Waals surface area contributed by atoms with Crippen molar-refractivity contribution < 1.29 is 32.9 Å². The second kappa shape index (κ2) is 9.31. The number of allylic oxidation sites excluding steroid dienone is 2. The number of unbranched alkanes of at least 4 members (excludes halogenated alkanes) is 2. The minimum absolute atomic E-state index is 0.0969. The van der Waals surface area contributed by atoms with Crippen LogP contribution in [0.15, 0.2) is 23.8 Å². The van der Waals surface area contributed by atoms with Crippen LogP contribution in [0.5, 0.6) is 11.5 Å². The van der Waals surface area contributed by atoms with E-state index < -0.39 is 29.6 Å². The Labute approximate surface area is 175 Å². The Balaban J connectivity index is 2.39. The molecule has 1 aromatic carbocycles. The number of hydrogen-bond donors (Lipinski definition) is 2. The molecule has 1 aliphatic rings. The summed E-state index contributed by atoms with van der Waals surface area (Å²) in [5.41, 5.74) is 0.611. The van der Waals surface area contributed by atoms with Crippen molar-refractivity contribution in [1.29, 1.82) is 0 Å². The summed E-state index contributed by atoms with van der Waals surface area (Å²) in [7, 11) is 0. The van der Waals surface area contributed by atoms with Gasteiger partial charge in [0.15, 0.2) is 0 Å². The number of aromatic hydroxyl groups is 2. The fourth-order valence-electron chi connectivity index (χ4n) is 4.25. The summed E-state index contributed by atoms with van der Waals surface area (Å²) in [5, 5.41) is 21.4. The van der Waals surface area contributed by atoms with Gasteiger partial charge in [-0.15, -0.1) is 0 Å². The molecule has 4 nitrogen and oxygen atoms in total. The maximum absolute atomic E-state index is 12.8. The first kappa shape index (κ1) is 24.1. The zero-order valence-corrected chi connectivity index (χ0v) is 18.0. The molecule has 0 heterocycles. The normalized spacial score (nSPS) is 20.0. The Morgan fingerprint density at radius 2 is 1.77 bits per heavy atom. The molecule has 0 unspecified atom stereocenters. The van der Waals surface area contributed by atoms with Gasteiger partial charge in [0, 0.05) is 17.4 Å². The third kappa shape index (κ3) is 5.70. The summed E-state index contributed by atoms with van der Waals surface area (Å²) in [4.78, 5) is 11.5. The van der Waals surface area contributed by atoms with Gasteiger partial charge in [-0.25, -0.2) is 4.79 Å². The number of hydrogen-bond acceptors (Lipinski definition) is 4. The molecule has 0 saturated carbocycles. The molecule has 0 saturated heterocycles. The third-order valence-corrected chi connectivity index (χ3v) is 5.83. The molecule has 0 aromatic heterocycles. The Bertz CT molecular complexity index is 773. The van der Waals surface area contributed by atoms with Crippen LogP contribution in [0.4, 0.5) is 13.2 Å². The molecular formula is C23H31F3O4. The van der Waals surface area contributed by atoms with E-state index in [1.165, 1.54) is 13.8 Å². The van der Waals surface area contributed by atoms with E-state index in [1.54, 1.807) is 12.1 Å². The van der Waals surface area contributed by atoms with E-state index in [-0.39, 0.29) is 17.1 Å². The van der Waals surface area contributed by atoms with Crippen molar-refractivity contribution in [3.63, 3.8) is 0 Å². The van der Waals surface area contributed by atoms with Crippen LogP contribution in [0.3, 0.4) is 0 Å². The second-order valence-electron chi connectivity index (χ2n) is 8.68. The number of carbonyl (C=O) groups is 1. The number of carbonyl (C=O) groups excluding carboxylic acids is 1. The number of phenols is 2. The van der Waals surface area contributed by atoms with Crippen molar-refractivity contribution in [2.45, 2.75) is 83.9 Å². The predicted octanol–water partition coefficient (Wildman–Crippen LogP) is 6.15. The van der Waals surface area contributed by atoms with E-state index in [2.05, 4.69) is 6.92 Å². The fourth-order valence-corrected chi connectivity index (χ4v) is 4.25. The molecule has 1 aliphatic carbocycles. The van der Waals surface area contributed by atoms with Crippen LogP contribution in [0, 0.1) is 5.92 Å². The van der Waals surface area contributed by atoms with E-state index in [0.717, 1.165) is 30.4 Å². The average molecular weight is 428 g/mol. The van der Waals surface area contributed by atoms with Crippen LogP contribution >= 0.6 is 0 Å². The lowest BCUT2D eigenvalue weighted by Crippen LogP contribution is -2.44. The van der Waals surface area contributed by atoms with Crippen LogP contribution in [0.1, 0.15) is 76.8 Å². The van der Waals surface area contributed by atoms with Crippen LogP contribution in [0.2, 0.25) is 0 Å². The smallest absolute Gasteiger partial charge is 0.490 e. The number of halogens is 3. The van der Waals surface area contributed by atoms with Crippen molar-refractivity contribution in [2.75, 3.05) is 0 Å². The molecule has 7 heteroatoms. The number of esters is 1. The lowest BCUT2D eigenvalue weighted by atomic mass is 9.69. The quantitative estimate of drug-likeness (QED) is 0.310. The van der Waals surface area contributed by atoms with Crippen molar-refractivity contribution in [3.05, 3.63) is 34.9 Å². The van der Waals surface area contributed by atoms with Crippen LogP contribution < -0.4 is 0 Å². The Morgan fingerprint density at radius 3 is 2.30 bits per heavy atom. The highest BCUT2D eigenvalue weighted by atomic mass is 19.4. The van der Waals surface area contributed by atoms with Gasteiger partial charge in [-0.1, -0.05) is 31.4 Å². The minimum Gasteiger partial charge on any atom is -0.507 e. The molecule has 2 rings (SSSR count). The van der Waals surface area contributed by atoms with Crippen molar-refractivity contribution in [1.82, 2.24) is 0 Å². The molecule has 0 bridgehead atoms. The van der Waals surface area contributed by atoms with Gasteiger partial charge in [0.2, 0.25) is 0 Å². The lowest BCUT2D eigenvalue weighted by Gasteiger charge is -2.41. The van der Waals surface area contributed by atoms with E-state index in [1.807, 2.05) is 13.0 Å². The molecule has 0 spiro atoms. The van der Waals surface area contributed by atoms with Gasteiger partial charge in [0.25, 0.3) is 0 Å². The van der Waals surface area contributed by atoms with Gasteiger partial charge >= 0.3 is 12.1 Å². The second-order valence-corrected chi connectivity index (χ2v) is 8.68. The molecule has 0 radical (unpaired) electrons. The Morgan fingerprint density at radius 1 is 1.17 bits per heavy atom. The summed E-state index contributed by atoms with van der Waals surface area (Å²) in [6.07, 6.45) is 1.57. The first-order valence-corrected chi connectivity index (χ1v) is 10.4. The topological polar surface area (TPSA) is 66.8 Å². The van der Waals surface area contributed by atoms with E-state index >= 15 is 0 Å². The molecule has 2 N–H and O–H groups in total. The molecule has 0 aliphatic heterocycles.